The van der Waals surface area contributed by atoms with Crippen LogP contribution in [0.25, 0.3) is 0 Å². The zero-order chi connectivity index (χ0) is 17.6. The van der Waals surface area contributed by atoms with Crippen LogP contribution in [0.1, 0.15) is 37.7 Å². The highest BCUT2D eigenvalue weighted by molar-refractivity contribution is 9.10. The SMILES string of the molecule is Cl.O=C(CC1NCCN(Cc2cccc(Br)c2)C1=O)N1CCCCCC1. The minimum Gasteiger partial charge on any atom is -0.343 e. The number of hydrogen-bond donors (Lipinski definition) is 1. The maximum absolute atomic E-state index is 12.8. The smallest absolute Gasteiger partial charge is 0.240 e. The Morgan fingerprint density at radius 1 is 1.15 bits per heavy atom. The lowest BCUT2D eigenvalue weighted by atomic mass is 10.1. The van der Waals surface area contributed by atoms with Crippen molar-refractivity contribution in [2.45, 2.75) is 44.7 Å². The van der Waals surface area contributed by atoms with Gasteiger partial charge in [0.05, 0.1) is 12.5 Å². The summed E-state index contributed by atoms with van der Waals surface area (Å²) in [7, 11) is 0. The van der Waals surface area contributed by atoms with Gasteiger partial charge in [0.1, 0.15) is 0 Å². The molecule has 1 aromatic rings. The van der Waals surface area contributed by atoms with E-state index in [1.54, 1.807) is 0 Å². The normalized spacial score (nSPS) is 21.1. The summed E-state index contributed by atoms with van der Waals surface area (Å²) in [4.78, 5) is 29.2. The predicted octanol–water partition coefficient (Wildman–Crippen LogP) is 2.96. The number of nitrogens with zero attached hydrogens (tertiary/aromatic N) is 2. The number of hydrogen-bond acceptors (Lipinski definition) is 3. The van der Waals surface area contributed by atoms with Gasteiger partial charge in [-0.25, -0.2) is 0 Å². The van der Waals surface area contributed by atoms with Crippen LogP contribution in [0.15, 0.2) is 28.7 Å². The van der Waals surface area contributed by atoms with Crippen molar-refractivity contribution in [3.05, 3.63) is 34.3 Å². The first-order chi connectivity index (χ1) is 12.1. The van der Waals surface area contributed by atoms with Gasteiger partial charge >= 0.3 is 0 Å². The van der Waals surface area contributed by atoms with E-state index in [1.165, 1.54) is 12.8 Å². The third-order valence-electron chi connectivity index (χ3n) is 4.98. The quantitative estimate of drug-likeness (QED) is 0.777. The van der Waals surface area contributed by atoms with Gasteiger partial charge in [0.15, 0.2) is 0 Å². The first-order valence-corrected chi connectivity index (χ1v) is 9.97. The maximum atomic E-state index is 12.8. The average Bonchev–Trinajstić information content (AvgIpc) is 2.88. The number of amides is 2. The van der Waals surface area contributed by atoms with E-state index in [1.807, 2.05) is 34.1 Å². The lowest BCUT2D eigenvalue weighted by Crippen LogP contribution is -2.56. The molecule has 5 nitrogen and oxygen atoms in total. The third kappa shape index (κ3) is 5.69. The number of likely N-dealkylation sites (tertiary alicyclic amines) is 1. The van der Waals surface area contributed by atoms with E-state index in [-0.39, 0.29) is 30.6 Å². The highest BCUT2D eigenvalue weighted by Gasteiger charge is 2.31. The summed E-state index contributed by atoms with van der Waals surface area (Å²) in [5.74, 6) is 0.145. The van der Waals surface area contributed by atoms with E-state index in [0.29, 0.717) is 13.1 Å². The molecule has 3 rings (SSSR count). The molecule has 2 heterocycles. The fraction of sp³-hybridized carbons (Fsp3) is 0.579. The van der Waals surface area contributed by atoms with E-state index < -0.39 is 6.04 Å². The summed E-state index contributed by atoms with van der Waals surface area (Å²) in [6, 6.07) is 7.62. The summed E-state index contributed by atoms with van der Waals surface area (Å²) < 4.78 is 1.01. The molecule has 144 valence electrons. The van der Waals surface area contributed by atoms with Gasteiger partial charge in [-0.05, 0) is 30.5 Å². The topological polar surface area (TPSA) is 52.7 Å². The Morgan fingerprint density at radius 2 is 1.88 bits per heavy atom. The number of halogens is 2. The van der Waals surface area contributed by atoms with Crippen molar-refractivity contribution >= 4 is 40.2 Å². The maximum Gasteiger partial charge on any atom is 0.240 e. The molecule has 1 aromatic carbocycles. The van der Waals surface area contributed by atoms with Gasteiger partial charge in [-0.1, -0.05) is 40.9 Å². The number of benzene rings is 1. The number of rotatable bonds is 4. The van der Waals surface area contributed by atoms with Crippen molar-refractivity contribution in [2.75, 3.05) is 26.2 Å². The molecule has 0 aromatic heterocycles. The Labute approximate surface area is 170 Å². The summed E-state index contributed by atoms with van der Waals surface area (Å²) in [5.41, 5.74) is 1.10. The summed E-state index contributed by atoms with van der Waals surface area (Å²) in [6.45, 7) is 3.68. The van der Waals surface area contributed by atoms with Crippen LogP contribution < -0.4 is 5.32 Å². The van der Waals surface area contributed by atoms with Crippen LogP contribution in [0.5, 0.6) is 0 Å². The highest BCUT2D eigenvalue weighted by Crippen LogP contribution is 2.17. The minimum absolute atomic E-state index is 0. The molecule has 2 amide bonds. The van der Waals surface area contributed by atoms with E-state index in [4.69, 9.17) is 0 Å². The van der Waals surface area contributed by atoms with Crippen LogP contribution in [0.4, 0.5) is 0 Å². The minimum atomic E-state index is -0.392. The predicted molar refractivity (Wildman–Crippen MR) is 108 cm³/mol. The van der Waals surface area contributed by atoms with Gasteiger partial charge in [-0.2, -0.15) is 0 Å². The molecule has 2 fully saturated rings. The van der Waals surface area contributed by atoms with Crippen LogP contribution in [0.2, 0.25) is 0 Å². The molecule has 1 atom stereocenters. The second-order valence-corrected chi connectivity index (χ2v) is 7.81. The molecule has 1 N–H and O–H groups in total. The van der Waals surface area contributed by atoms with Gasteiger partial charge in [0, 0.05) is 37.2 Å². The standard InChI is InChI=1S/C19H26BrN3O2.ClH/c20-16-7-5-6-15(12-16)14-23-11-8-21-17(19(23)25)13-18(24)22-9-3-1-2-4-10-22;/h5-7,12,17,21H,1-4,8-11,13-14H2;1H. The lowest BCUT2D eigenvalue weighted by molar-refractivity contribution is -0.141. The molecule has 1 unspecified atom stereocenters. The van der Waals surface area contributed by atoms with E-state index in [9.17, 15) is 9.59 Å². The molecule has 2 saturated heterocycles. The second-order valence-electron chi connectivity index (χ2n) is 6.90. The van der Waals surface area contributed by atoms with Crippen molar-refractivity contribution in [1.29, 1.82) is 0 Å². The molecule has 26 heavy (non-hydrogen) atoms. The van der Waals surface area contributed by atoms with Crippen molar-refractivity contribution in [2.24, 2.45) is 0 Å². The molecule has 0 spiro atoms. The molecular formula is C19H27BrClN3O2. The van der Waals surface area contributed by atoms with Gasteiger partial charge < -0.3 is 15.1 Å². The lowest BCUT2D eigenvalue weighted by Gasteiger charge is -2.34. The summed E-state index contributed by atoms with van der Waals surface area (Å²) in [5, 5.41) is 3.23. The van der Waals surface area contributed by atoms with E-state index in [0.717, 1.165) is 42.5 Å². The summed E-state index contributed by atoms with van der Waals surface area (Å²) >= 11 is 3.47. The van der Waals surface area contributed by atoms with Gasteiger partial charge in [0.25, 0.3) is 0 Å². The molecule has 2 aliphatic rings. The van der Waals surface area contributed by atoms with Gasteiger partial charge in [-0.15, -0.1) is 12.4 Å². The molecule has 2 aliphatic heterocycles. The van der Waals surface area contributed by atoms with Gasteiger partial charge in [-0.3, -0.25) is 9.59 Å². The number of piperazine rings is 1. The number of carbonyl (C=O) groups is 2. The average molecular weight is 445 g/mol. The fourth-order valence-corrected chi connectivity index (χ4v) is 4.03. The zero-order valence-electron chi connectivity index (χ0n) is 15.0. The van der Waals surface area contributed by atoms with Crippen LogP contribution in [0.3, 0.4) is 0 Å². The first kappa shape index (κ1) is 21.2. The van der Waals surface area contributed by atoms with Crippen molar-refractivity contribution < 1.29 is 9.59 Å². The van der Waals surface area contributed by atoms with Crippen molar-refractivity contribution in [3.63, 3.8) is 0 Å². The third-order valence-corrected chi connectivity index (χ3v) is 5.48. The van der Waals surface area contributed by atoms with E-state index >= 15 is 0 Å². The Hall–Kier alpha value is -1.11. The molecule has 0 aliphatic carbocycles. The molecule has 0 saturated carbocycles. The second kappa shape index (κ2) is 10.3. The van der Waals surface area contributed by atoms with Crippen LogP contribution in [0, 0.1) is 0 Å². The number of carbonyl (C=O) groups excluding carboxylic acids is 2. The molecular weight excluding hydrogens is 418 g/mol. The van der Waals surface area contributed by atoms with Crippen molar-refractivity contribution in [1.82, 2.24) is 15.1 Å². The largest absolute Gasteiger partial charge is 0.343 e. The fourth-order valence-electron chi connectivity index (χ4n) is 3.59. The Kier molecular flexibility index (Phi) is 8.38. The Morgan fingerprint density at radius 3 is 2.58 bits per heavy atom. The zero-order valence-corrected chi connectivity index (χ0v) is 17.4. The van der Waals surface area contributed by atoms with Crippen LogP contribution in [-0.4, -0.2) is 53.8 Å². The van der Waals surface area contributed by atoms with Gasteiger partial charge in [0.2, 0.25) is 11.8 Å². The molecule has 0 bridgehead atoms. The van der Waals surface area contributed by atoms with E-state index in [2.05, 4.69) is 21.2 Å². The first-order valence-electron chi connectivity index (χ1n) is 9.18. The highest BCUT2D eigenvalue weighted by atomic mass is 79.9. The molecule has 7 heteroatoms. The van der Waals surface area contributed by atoms with Crippen LogP contribution >= 0.6 is 28.3 Å². The number of nitrogens with one attached hydrogen (secondary N) is 1. The summed E-state index contributed by atoms with van der Waals surface area (Å²) in [6.07, 6.45) is 4.82. The Bertz CT molecular complexity index is 621. The Balaban J connectivity index is 0.00000243. The van der Waals surface area contributed by atoms with Crippen molar-refractivity contribution in [3.8, 4) is 0 Å². The molecule has 0 radical (unpaired) electrons. The van der Waals surface area contributed by atoms with Crippen LogP contribution in [-0.2, 0) is 16.1 Å². The monoisotopic (exact) mass is 443 g/mol.